The number of imidazole rings is 1. The Labute approximate surface area is 185 Å². The van der Waals surface area contributed by atoms with Gasteiger partial charge >= 0.3 is 6.09 Å². The van der Waals surface area contributed by atoms with E-state index in [2.05, 4.69) is 15.3 Å². The molecule has 3 N–H and O–H groups in total. The molecule has 164 valence electrons. The van der Waals surface area contributed by atoms with Crippen LogP contribution in [-0.2, 0) is 4.74 Å². The average Bonchev–Trinajstić information content (AvgIpc) is 3.09. The second-order valence-corrected chi connectivity index (χ2v) is 8.46. The van der Waals surface area contributed by atoms with Gasteiger partial charge in [-0.25, -0.2) is 9.78 Å². The van der Waals surface area contributed by atoms with Crippen molar-refractivity contribution in [3.8, 4) is 28.6 Å². The van der Waals surface area contributed by atoms with Gasteiger partial charge in [0.15, 0.2) is 0 Å². The Hall–Kier alpha value is -4.07. The van der Waals surface area contributed by atoms with Gasteiger partial charge in [0.1, 0.15) is 28.4 Å². The van der Waals surface area contributed by atoms with Crippen LogP contribution in [0.3, 0.4) is 0 Å². The fourth-order valence-electron chi connectivity index (χ4n) is 3.35. The highest BCUT2D eigenvalue weighted by molar-refractivity contribution is 5.86. The van der Waals surface area contributed by atoms with Gasteiger partial charge in [0.25, 0.3) is 0 Å². The number of aromatic hydroxyl groups is 2. The molecule has 0 aliphatic heterocycles. The van der Waals surface area contributed by atoms with E-state index in [9.17, 15) is 15.0 Å². The van der Waals surface area contributed by atoms with E-state index < -0.39 is 11.7 Å². The molecular weight excluding hydrogens is 408 g/mol. The third kappa shape index (κ3) is 4.20. The third-order valence-corrected chi connectivity index (χ3v) is 4.78. The van der Waals surface area contributed by atoms with Crippen LogP contribution in [0.1, 0.15) is 26.3 Å². The first-order valence-corrected chi connectivity index (χ1v) is 10.1. The number of carbonyl (C=O) groups excluding carboxylic acids is 1. The maximum atomic E-state index is 12.0. The molecule has 4 aromatic rings. The van der Waals surface area contributed by atoms with E-state index in [1.165, 1.54) is 6.07 Å². The van der Waals surface area contributed by atoms with Gasteiger partial charge < -0.3 is 14.9 Å². The molecule has 0 saturated carbocycles. The van der Waals surface area contributed by atoms with E-state index in [-0.39, 0.29) is 11.5 Å². The van der Waals surface area contributed by atoms with Gasteiger partial charge in [0, 0.05) is 23.6 Å². The molecule has 0 saturated heterocycles. The van der Waals surface area contributed by atoms with Crippen LogP contribution < -0.4 is 5.32 Å². The van der Waals surface area contributed by atoms with Crippen LogP contribution in [0, 0.1) is 6.92 Å². The summed E-state index contributed by atoms with van der Waals surface area (Å²) in [7, 11) is 0. The number of nitrogens with one attached hydrogen (secondary N) is 1. The zero-order valence-electron chi connectivity index (χ0n) is 18.2. The topological polar surface area (TPSA) is 110 Å². The summed E-state index contributed by atoms with van der Waals surface area (Å²) in [6, 6.07) is 12.0. The monoisotopic (exact) mass is 432 g/mol. The third-order valence-electron chi connectivity index (χ3n) is 4.78. The van der Waals surface area contributed by atoms with Crippen molar-refractivity contribution in [2.24, 2.45) is 0 Å². The lowest BCUT2D eigenvalue weighted by Crippen LogP contribution is -2.27. The molecule has 0 spiro atoms. The summed E-state index contributed by atoms with van der Waals surface area (Å²) in [5.41, 5.74) is 3.32. The lowest BCUT2D eigenvalue weighted by atomic mass is 10.1. The standard InChI is InChI=1S/C24H24N4O4/c1-14-11-17(21(30)12-20(14)29)22-27-18-13-25-10-9-19(18)28(22)16-7-5-15(6-8-16)26-23(31)32-24(2,3)4/h5-13,29-30H,1-4H3,(H,26,31). The fraction of sp³-hybridized carbons (Fsp3) is 0.208. The van der Waals surface area contributed by atoms with Crippen molar-refractivity contribution in [3.63, 3.8) is 0 Å². The largest absolute Gasteiger partial charge is 0.508 e. The summed E-state index contributed by atoms with van der Waals surface area (Å²) in [4.78, 5) is 20.9. The van der Waals surface area contributed by atoms with E-state index >= 15 is 0 Å². The Kier molecular flexibility index (Phi) is 5.22. The van der Waals surface area contributed by atoms with E-state index in [0.29, 0.717) is 28.2 Å². The van der Waals surface area contributed by atoms with Crippen molar-refractivity contribution in [2.75, 3.05) is 5.32 Å². The number of ether oxygens (including phenoxy) is 1. The highest BCUT2D eigenvalue weighted by atomic mass is 16.6. The second-order valence-electron chi connectivity index (χ2n) is 8.46. The molecule has 0 fully saturated rings. The number of amides is 1. The van der Waals surface area contributed by atoms with Crippen LogP contribution in [0.15, 0.2) is 54.9 Å². The first kappa shape index (κ1) is 21.2. The Morgan fingerprint density at radius 1 is 1.06 bits per heavy atom. The number of aromatic nitrogens is 3. The summed E-state index contributed by atoms with van der Waals surface area (Å²) in [5.74, 6) is 0.426. The number of rotatable bonds is 3. The smallest absolute Gasteiger partial charge is 0.412 e. The molecule has 0 unspecified atom stereocenters. The average molecular weight is 432 g/mol. The Morgan fingerprint density at radius 2 is 1.78 bits per heavy atom. The molecule has 8 heteroatoms. The highest BCUT2D eigenvalue weighted by Crippen LogP contribution is 2.37. The summed E-state index contributed by atoms with van der Waals surface area (Å²) >= 11 is 0. The zero-order chi connectivity index (χ0) is 23.0. The Balaban J connectivity index is 1.77. The minimum absolute atomic E-state index is 0.00754. The first-order valence-electron chi connectivity index (χ1n) is 10.1. The molecule has 1 amide bonds. The molecule has 0 bridgehead atoms. The maximum absolute atomic E-state index is 12.0. The van der Waals surface area contributed by atoms with E-state index in [1.807, 2.05) is 22.8 Å². The quantitative estimate of drug-likeness (QED) is 0.413. The summed E-state index contributed by atoms with van der Waals surface area (Å²) in [6.45, 7) is 7.16. The molecule has 2 heterocycles. The summed E-state index contributed by atoms with van der Waals surface area (Å²) in [6.07, 6.45) is 2.79. The Morgan fingerprint density at radius 3 is 2.47 bits per heavy atom. The number of phenols is 2. The number of carbonyl (C=O) groups is 1. The number of pyridine rings is 1. The number of phenolic OH excluding ortho intramolecular Hbond substituents is 2. The van der Waals surface area contributed by atoms with Gasteiger partial charge in [0.2, 0.25) is 0 Å². The van der Waals surface area contributed by atoms with Crippen LogP contribution >= 0.6 is 0 Å². The van der Waals surface area contributed by atoms with Gasteiger partial charge in [-0.1, -0.05) is 0 Å². The summed E-state index contributed by atoms with van der Waals surface area (Å²) < 4.78 is 7.18. The second kappa shape index (κ2) is 7.88. The fourth-order valence-corrected chi connectivity index (χ4v) is 3.35. The van der Waals surface area contributed by atoms with Crippen molar-refractivity contribution in [3.05, 3.63) is 60.4 Å². The molecule has 0 aliphatic carbocycles. The molecule has 32 heavy (non-hydrogen) atoms. The number of fused-ring (bicyclic) bond motifs is 1. The van der Waals surface area contributed by atoms with Crippen molar-refractivity contribution < 1.29 is 19.7 Å². The number of anilines is 1. The number of aryl methyl sites for hydroxylation is 1. The molecule has 0 radical (unpaired) electrons. The normalized spacial score (nSPS) is 11.5. The Bertz CT molecular complexity index is 1300. The molecule has 8 nitrogen and oxygen atoms in total. The van der Waals surface area contributed by atoms with Crippen LogP contribution in [-0.4, -0.2) is 36.4 Å². The number of nitrogens with zero attached hydrogens (tertiary/aromatic N) is 3. The molecule has 0 aliphatic rings. The molecule has 0 atom stereocenters. The maximum Gasteiger partial charge on any atom is 0.412 e. The van der Waals surface area contributed by atoms with Gasteiger partial charge in [0.05, 0.1) is 17.3 Å². The van der Waals surface area contributed by atoms with Crippen molar-refractivity contribution in [2.45, 2.75) is 33.3 Å². The van der Waals surface area contributed by atoms with Gasteiger partial charge in [-0.15, -0.1) is 0 Å². The van der Waals surface area contributed by atoms with Gasteiger partial charge in [-0.3, -0.25) is 14.9 Å². The van der Waals surface area contributed by atoms with Crippen molar-refractivity contribution in [1.82, 2.24) is 14.5 Å². The zero-order valence-corrected chi connectivity index (χ0v) is 18.2. The van der Waals surface area contributed by atoms with Crippen molar-refractivity contribution in [1.29, 1.82) is 0 Å². The molecule has 4 rings (SSSR count). The highest BCUT2D eigenvalue weighted by Gasteiger charge is 2.19. The van der Waals surface area contributed by atoms with Crippen LogP contribution in [0.4, 0.5) is 10.5 Å². The molecular formula is C24H24N4O4. The van der Waals surface area contributed by atoms with E-state index in [4.69, 9.17) is 4.74 Å². The number of hydrogen-bond acceptors (Lipinski definition) is 6. The van der Waals surface area contributed by atoms with Crippen molar-refractivity contribution >= 4 is 22.8 Å². The lowest BCUT2D eigenvalue weighted by molar-refractivity contribution is 0.0636. The predicted octanol–water partition coefficient (Wildman–Crippen LogP) is 5.15. The van der Waals surface area contributed by atoms with Crippen LogP contribution in [0.25, 0.3) is 28.1 Å². The number of benzene rings is 2. The van der Waals surface area contributed by atoms with E-state index in [0.717, 1.165) is 11.2 Å². The minimum atomic E-state index is -0.590. The first-order chi connectivity index (χ1) is 15.1. The van der Waals surface area contributed by atoms with E-state index in [1.54, 1.807) is 58.3 Å². The molecule has 2 aromatic heterocycles. The van der Waals surface area contributed by atoms with Gasteiger partial charge in [-0.2, -0.15) is 0 Å². The van der Waals surface area contributed by atoms with Crippen LogP contribution in [0.2, 0.25) is 0 Å². The SMILES string of the molecule is Cc1cc(-c2nc3cnccc3n2-c2ccc(NC(=O)OC(C)(C)C)cc2)c(O)cc1O. The number of hydrogen-bond donors (Lipinski definition) is 3. The molecule has 2 aromatic carbocycles. The van der Waals surface area contributed by atoms with Crippen LogP contribution in [0.5, 0.6) is 11.5 Å². The minimum Gasteiger partial charge on any atom is -0.508 e. The lowest BCUT2D eigenvalue weighted by Gasteiger charge is -2.19. The van der Waals surface area contributed by atoms with Gasteiger partial charge in [-0.05, 0) is 69.7 Å². The summed E-state index contributed by atoms with van der Waals surface area (Å²) in [5, 5.41) is 23.2. The predicted molar refractivity (Wildman–Crippen MR) is 122 cm³/mol.